The average molecular weight is 295 g/mol. The van der Waals surface area contributed by atoms with Crippen molar-refractivity contribution in [3.63, 3.8) is 0 Å². The molecule has 0 radical (unpaired) electrons. The van der Waals surface area contributed by atoms with Gasteiger partial charge in [0.05, 0.1) is 5.56 Å². The highest BCUT2D eigenvalue weighted by atomic mass is 19.4. The summed E-state index contributed by atoms with van der Waals surface area (Å²) in [5.41, 5.74) is -0.0826. The lowest BCUT2D eigenvalue weighted by Gasteiger charge is -2.12. The third kappa shape index (κ3) is 3.53. The number of hydrogen-bond donors (Lipinski definition) is 2. The third-order valence-electron chi connectivity index (χ3n) is 2.92. The number of benzene rings is 2. The van der Waals surface area contributed by atoms with Gasteiger partial charge in [-0.1, -0.05) is 12.1 Å². The molecule has 0 unspecified atom stereocenters. The van der Waals surface area contributed by atoms with Crippen LogP contribution in [0.2, 0.25) is 0 Å². The lowest BCUT2D eigenvalue weighted by molar-refractivity contribution is -0.137. The van der Waals surface area contributed by atoms with E-state index in [0.29, 0.717) is 5.56 Å². The summed E-state index contributed by atoms with van der Waals surface area (Å²) in [5.74, 6) is -0.684. The maximum Gasteiger partial charge on any atom is 0.416 e. The predicted molar refractivity (Wildman–Crippen MR) is 72.2 cm³/mol. The van der Waals surface area contributed by atoms with Gasteiger partial charge in [0, 0.05) is 11.3 Å². The maximum absolute atomic E-state index is 12.7. The first kappa shape index (κ1) is 14.9. The number of carbonyl (C=O) groups excluding carboxylic acids is 1. The second-order valence-corrected chi connectivity index (χ2v) is 4.53. The summed E-state index contributed by atoms with van der Waals surface area (Å²) in [6, 6.07) is 8.70. The summed E-state index contributed by atoms with van der Waals surface area (Å²) >= 11 is 0. The van der Waals surface area contributed by atoms with E-state index in [2.05, 4.69) is 5.32 Å². The number of aryl methyl sites for hydroxylation is 1. The standard InChI is InChI=1S/C15H12F3NO2/c1-9-5-6-11(15(16,17)18)8-13(9)19-14(21)10-3-2-4-12(20)7-10/h2-8,20H,1H3,(H,19,21). The minimum Gasteiger partial charge on any atom is -0.508 e. The van der Waals surface area contributed by atoms with E-state index in [9.17, 15) is 23.1 Å². The monoisotopic (exact) mass is 295 g/mol. The zero-order chi connectivity index (χ0) is 15.6. The highest BCUT2D eigenvalue weighted by Crippen LogP contribution is 2.32. The number of carbonyl (C=O) groups is 1. The van der Waals surface area contributed by atoms with Gasteiger partial charge in [0.2, 0.25) is 0 Å². The van der Waals surface area contributed by atoms with Crippen LogP contribution >= 0.6 is 0 Å². The van der Waals surface area contributed by atoms with E-state index in [1.807, 2.05) is 0 Å². The Morgan fingerprint density at radius 3 is 2.48 bits per heavy atom. The molecule has 0 saturated heterocycles. The molecule has 3 nitrogen and oxygen atoms in total. The molecule has 6 heteroatoms. The van der Waals surface area contributed by atoms with E-state index in [1.54, 1.807) is 6.92 Å². The molecular formula is C15H12F3NO2. The van der Waals surface area contributed by atoms with Crippen LogP contribution < -0.4 is 5.32 Å². The van der Waals surface area contributed by atoms with Gasteiger partial charge in [0.1, 0.15) is 5.75 Å². The fraction of sp³-hybridized carbons (Fsp3) is 0.133. The number of hydrogen-bond acceptors (Lipinski definition) is 2. The molecule has 0 aliphatic heterocycles. The number of phenols is 1. The number of rotatable bonds is 2. The van der Waals surface area contributed by atoms with Crippen LogP contribution in [0.1, 0.15) is 21.5 Å². The minimum atomic E-state index is -4.47. The van der Waals surface area contributed by atoms with Crippen molar-refractivity contribution >= 4 is 11.6 Å². The Bertz CT molecular complexity index is 681. The van der Waals surface area contributed by atoms with Crippen molar-refractivity contribution in [2.75, 3.05) is 5.32 Å². The largest absolute Gasteiger partial charge is 0.508 e. The van der Waals surface area contributed by atoms with Crippen molar-refractivity contribution in [1.29, 1.82) is 0 Å². The van der Waals surface area contributed by atoms with Crippen molar-refractivity contribution in [3.05, 3.63) is 59.2 Å². The fourth-order valence-electron chi connectivity index (χ4n) is 1.77. The average Bonchev–Trinajstić information content (AvgIpc) is 2.40. The van der Waals surface area contributed by atoms with Gasteiger partial charge < -0.3 is 10.4 Å². The van der Waals surface area contributed by atoms with Crippen LogP contribution in [0.3, 0.4) is 0 Å². The molecule has 0 aromatic heterocycles. The van der Waals surface area contributed by atoms with Gasteiger partial charge in [-0.25, -0.2) is 0 Å². The predicted octanol–water partition coefficient (Wildman–Crippen LogP) is 3.97. The molecule has 0 heterocycles. The summed E-state index contributed by atoms with van der Waals surface area (Å²) in [4.78, 5) is 12.0. The summed E-state index contributed by atoms with van der Waals surface area (Å²) in [6.07, 6.45) is -4.47. The van der Waals surface area contributed by atoms with Crippen molar-refractivity contribution in [2.24, 2.45) is 0 Å². The van der Waals surface area contributed by atoms with Crippen LogP contribution in [0.4, 0.5) is 18.9 Å². The Morgan fingerprint density at radius 2 is 1.86 bits per heavy atom. The van der Waals surface area contributed by atoms with Gasteiger partial charge in [0.25, 0.3) is 5.91 Å². The Kier molecular flexibility index (Phi) is 3.88. The fourth-order valence-corrected chi connectivity index (χ4v) is 1.77. The van der Waals surface area contributed by atoms with Crippen molar-refractivity contribution < 1.29 is 23.1 Å². The number of anilines is 1. The van der Waals surface area contributed by atoms with Crippen LogP contribution in [0.25, 0.3) is 0 Å². The molecule has 2 aromatic carbocycles. The molecule has 0 spiro atoms. The lowest BCUT2D eigenvalue weighted by Crippen LogP contribution is -2.14. The molecule has 0 saturated carbocycles. The molecule has 1 amide bonds. The topological polar surface area (TPSA) is 49.3 Å². The molecule has 2 rings (SSSR count). The second kappa shape index (κ2) is 5.47. The van der Waals surface area contributed by atoms with Gasteiger partial charge in [-0.05, 0) is 42.8 Å². The zero-order valence-electron chi connectivity index (χ0n) is 11.0. The van der Waals surface area contributed by atoms with Crippen LogP contribution in [-0.2, 0) is 6.18 Å². The quantitative estimate of drug-likeness (QED) is 0.880. The van der Waals surface area contributed by atoms with Crippen LogP contribution in [-0.4, -0.2) is 11.0 Å². The Morgan fingerprint density at radius 1 is 1.14 bits per heavy atom. The van der Waals surface area contributed by atoms with Crippen LogP contribution in [0.5, 0.6) is 5.75 Å². The SMILES string of the molecule is Cc1ccc(C(F)(F)F)cc1NC(=O)c1cccc(O)c1. The van der Waals surface area contributed by atoms with Gasteiger partial charge in [-0.2, -0.15) is 13.2 Å². The van der Waals surface area contributed by atoms with Gasteiger partial charge in [-0.15, -0.1) is 0 Å². The Labute approximate surface area is 119 Å². The van der Waals surface area contributed by atoms with Gasteiger partial charge >= 0.3 is 6.18 Å². The van der Waals surface area contributed by atoms with Crippen LogP contribution in [0, 0.1) is 6.92 Å². The van der Waals surface area contributed by atoms with Crippen molar-refractivity contribution in [3.8, 4) is 5.75 Å². The van der Waals surface area contributed by atoms with E-state index >= 15 is 0 Å². The third-order valence-corrected chi connectivity index (χ3v) is 2.92. The summed E-state index contributed by atoms with van der Waals surface area (Å²) in [5, 5.41) is 11.7. The zero-order valence-corrected chi connectivity index (χ0v) is 11.0. The van der Waals surface area contributed by atoms with E-state index in [4.69, 9.17) is 0 Å². The first-order valence-electron chi connectivity index (χ1n) is 6.05. The van der Waals surface area contributed by atoms with E-state index in [0.717, 1.165) is 12.1 Å². The molecule has 110 valence electrons. The molecule has 0 fully saturated rings. The minimum absolute atomic E-state index is 0.0816. The van der Waals surface area contributed by atoms with Crippen molar-refractivity contribution in [1.82, 2.24) is 0 Å². The Hall–Kier alpha value is -2.50. The molecule has 2 N–H and O–H groups in total. The number of aromatic hydroxyl groups is 1. The normalized spacial score (nSPS) is 11.2. The number of halogens is 3. The first-order chi connectivity index (χ1) is 9.77. The number of amides is 1. The second-order valence-electron chi connectivity index (χ2n) is 4.53. The number of phenolic OH excluding ortho intramolecular Hbond substituents is 1. The highest BCUT2D eigenvalue weighted by molar-refractivity contribution is 6.04. The first-order valence-corrected chi connectivity index (χ1v) is 6.05. The Balaban J connectivity index is 2.29. The molecule has 0 aliphatic carbocycles. The molecule has 0 atom stereocenters. The number of alkyl halides is 3. The summed E-state index contributed by atoms with van der Waals surface area (Å²) in [7, 11) is 0. The maximum atomic E-state index is 12.7. The van der Waals surface area contributed by atoms with E-state index in [-0.39, 0.29) is 17.0 Å². The smallest absolute Gasteiger partial charge is 0.416 e. The van der Waals surface area contributed by atoms with Crippen molar-refractivity contribution in [2.45, 2.75) is 13.1 Å². The summed E-state index contributed by atoms with van der Waals surface area (Å²) < 4.78 is 38.0. The molecule has 0 bridgehead atoms. The molecular weight excluding hydrogens is 283 g/mol. The molecule has 21 heavy (non-hydrogen) atoms. The van der Waals surface area contributed by atoms with Gasteiger partial charge in [0.15, 0.2) is 0 Å². The molecule has 0 aliphatic rings. The van der Waals surface area contributed by atoms with Crippen LogP contribution in [0.15, 0.2) is 42.5 Å². The van der Waals surface area contributed by atoms with E-state index < -0.39 is 17.6 Å². The summed E-state index contributed by atoms with van der Waals surface area (Å²) in [6.45, 7) is 1.60. The van der Waals surface area contributed by atoms with Gasteiger partial charge in [-0.3, -0.25) is 4.79 Å². The molecule has 2 aromatic rings. The van der Waals surface area contributed by atoms with E-state index in [1.165, 1.54) is 30.3 Å². The number of nitrogens with one attached hydrogen (secondary N) is 1. The lowest BCUT2D eigenvalue weighted by atomic mass is 10.1. The highest BCUT2D eigenvalue weighted by Gasteiger charge is 2.30.